The number of carbonyl (C=O) groups excluding carboxylic acids is 1. The van der Waals surface area contributed by atoms with Crippen molar-refractivity contribution in [3.05, 3.63) is 12.7 Å². The lowest BCUT2D eigenvalue weighted by atomic mass is 10.4. The van der Waals surface area contributed by atoms with Gasteiger partial charge in [0.15, 0.2) is 0 Å². The van der Waals surface area contributed by atoms with E-state index in [4.69, 9.17) is 0 Å². The maximum absolute atomic E-state index is 11.5. The van der Waals surface area contributed by atoms with Gasteiger partial charge in [0.05, 0.1) is 0 Å². The molecule has 0 aliphatic rings. The Hall–Kier alpha value is -1.04. The third-order valence-corrected chi connectivity index (χ3v) is 1.17. The van der Waals surface area contributed by atoms with Gasteiger partial charge in [-0.25, -0.2) is 0 Å². The fourth-order valence-corrected chi connectivity index (χ4v) is 0.624. The standard InChI is InChI=1S/C8H12F3NO2/c1-2-3-4-12-7(13)5-14-6-8(9,10)11/h2H,1,3-6H2,(H,12,13). The summed E-state index contributed by atoms with van der Waals surface area (Å²) in [7, 11) is 0. The summed E-state index contributed by atoms with van der Waals surface area (Å²) < 4.78 is 38.8. The number of hydrogen-bond donors (Lipinski definition) is 1. The average Bonchev–Trinajstić information content (AvgIpc) is 2.02. The molecule has 0 aromatic heterocycles. The lowest BCUT2D eigenvalue weighted by Gasteiger charge is -2.07. The van der Waals surface area contributed by atoms with Crippen molar-refractivity contribution in [1.82, 2.24) is 5.32 Å². The monoisotopic (exact) mass is 211 g/mol. The highest BCUT2D eigenvalue weighted by molar-refractivity contribution is 5.77. The van der Waals surface area contributed by atoms with Crippen LogP contribution in [0, 0.1) is 0 Å². The zero-order valence-electron chi connectivity index (χ0n) is 7.56. The van der Waals surface area contributed by atoms with Gasteiger partial charge in [-0.1, -0.05) is 6.08 Å². The van der Waals surface area contributed by atoms with Crippen molar-refractivity contribution in [3.63, 3.8) is 0 Å². The predicted octanol–water partition coefficient (Wildman–Crippen LogP) is 1.26. The molecule has 0 bridgehead atoms. The maximum atomic E-state index is 11.5. The van der Waals surface area contributed by atoms with Crippen molar-refractivity contribution >= 4 is 5.91 Å². The third kappa shape index (κ3) is 9.05. The molecule has 0 atom stereocenters. The molecule has 0 saturated carbocycles. The molecule has 0 aliphatic heterocycles. The number of alkyl halides is 3. The largest absolute Gasteiger partial charge is 0.411 e. The zero-order valence-corrected chi connectivity index (χ0v) is 7.56. The molecule has 0 spiro atoms. The van der Waals surface area contributed by atoms with E-state index >= 15 is 0 Å². The first-order valence-electron chi connectivity index (χ1n) is 3.98. The van der Waals surface area contributed by atoms with Crippen LogP contribution in [0.1, 0.15) is 6.42 Å². The molecule has 0 saturated heterocycles. The van der Waals surface area contributed by atoms with E-state index < -0.39 is 25.3 Å². The zero-order chi connectivity index (χ0) is 11.0. The molecule has 0 heterocycles. The van der Waals surface area contributed by atoms with Gasteiger partial charge in [-0.2, -0.15) is 13.2 Å². The van der Waals surface area contributed by atoms with Gasteiger partial charge >= 0.3 is 6.18 Å². The van der Waals surface area contributed by atoms with Crippen molar-refractivity contribution in [2.45, 2.75) is 12.6 Å². The van der Waals surface area contributed by atoms with Crippen LogP contribution in [0.5, 0.6) is 0 Å². The molecule has 0 aliphatic carbocycles. The SMILES string of the molecule is C=CCCNC(=O)COCC(F)(F)F. The van der Waals surface area contributed by atoms with Gasteiger partial charge in [0, 0.05) is 6.54 Å². The molecule has 0 unspecified atom stereocenters. The van der Waals surface area contributed by atoms with Crippen molar-refractivity contribution in [3.8, 4) is 0 Å². The third-order valence-electron chi connectivity index (χ3n) is 1.17. The second-order valence-corrected chi connectivity index (χ2v) is 2.54. The number of ether oxygens (including phenoxy) is 1. The number of rotatable bonds is 6. The number of carbonyl (C=O) groups is 1. The minimum atomic E-state index is -4.39. The average molecular weight is 211 g/mol. The summed E-state index contributed by atoms with van der Waals surface area (Å²) in [6, 6.07) is 0. The van der Waals surface area contributed by atoms with E-state index in [9.17, 15) is 18.0 Å². The first-order valence-corrected chi connectivity index (χ1v) is 3.98. The highest BCUT2D eigenvalue weighted by Gasteiger charge is 2.27. The van der Waals surface area contributed by atoms with Crippen molar-refractivity contribution < 1.29 is 22.7 Å². The minimum Gasteiger partial charge on any atom is -0.362 e. The fraction of sp³-hybridized carbons (Fsp3) is 0.625. The highest BCUT2D eigenvalue weighted by atomic mass is 19.4. The summed E-state index contributed by atoms with van der Waals surface area (Å²) in [6.45, 7) is 1.81. The van der Waals surface area contributed by atoms with Crippen molar-refractivity contribution in [2.24, 2.45) is 0 Å². The topological polar surface area (TPSA) is 38.3 Å². The van der Waals surface area contributed by atoms with E-state index in [1.807, 2.05) is 0 Å². The van der Waals surface area contributed by atoms with E-state index in [0.717, 1.165) is 0 Å². The van der Waals surface area contributed by atoms with Crippen LogP contribution in [-0.2, 0) is 9.53 Å². The van der Waals surface area contributed by atoms with Gasteiger partial charge in [-0.15, -0.1) is 6.58 Å². The molecular weight excluding hydrogens is 199 g/mol. The second kappa shape index (κ2) is 6.42. The molecule has 82 valence electrons. The Morgan fingerprint density at radius 1 is 1.50 bits per heavy atom. The van der Waals surface area contributed by atoms with Crippen LogP contribution in [0.15, 0.2) is 12.7 Å². The minimum absolute atomic E-state index is 0.359. The summed E-state index contributed by atoms with van der Waals surface area (Å²) >= 11 is 0. The number of nitrogens with one attached hydrogen (secondary N) is 1. The maximum Gasteiger partial charge on any atom is 0.411 e. The van der Waals surface area contributed by atoms with E-state index in [0.29, 0.717) is 13.0 Å². The van der Waals surface area contributed by atoms with Crippen LogP contribution >= 0.6 is 0 Å². The molecule has 0 aromatic rings. The summed E-state index contributed by atoms with van der Waals surface area (Å²) in [5.74, 6) is -0.559. The van der Waals surface area contributed by atoms with E-state index in [1.54, 1.807) is 6.08 Å². The highest BCUT2D eigenvalue weighted by Crippen LogP contribution is 2.13. The van der Waals surface area contributed by atoms with E-state index in [2.05, 4.69) is 16.6 Å². The Kier molecular flexibility index (Phi) is 5.94. The van der Waals surface area contributed by atoms with Crippen molar-refractivity contribution in [2.75, 3.05) is 19.8 Å². The van der Waals surface area contributed by atoms with Crippen LogP contribution in [0.3, 0.4) is 0 Å². The van der Waals surface area contributed by atoms with Crippen LogP contribution in [0.2, 0.25) is 0 Å². The molecule has 1 amide bonds. The van der Waals surface area contributed by atoms with Gasteiger partial charge in [-0.05, 0) is 6.42 Å². The van der Waals surface area contributed by atoms with E-state index in [-0.39, 0.29) is 0 Å². The van der Waals surface area contributed by atoms with Gasteiger partial charge < -0.3 is 10.1 Å². The van der Waals surface area contributed by atoms with Crippen LogP contribution in [0.4, 0.5) is 13.2 Å². The summed E-state index contributed by atoms with van der Waals surface area (Å²) in [5, 5.41) is 2.37. The lowest BCUT2D eigenvalue weighted by Crippen LogP contribution is -2.30. The van der Waals surface area contributed by atoms with E-state index in [1.165, 1.54) is 0 Å². The fourth-order valence-electron chi connectivity index (χ4n) is 0.624. The molecule has 6 heteroatoms. The smallest absolute Gasteiger partial charge is 0.362 e. The predicted molar refractivity (Wildman–Crippen MR) is 44.7 cm³/mol. The molecule has 0 rings (SSSR count). The molecule has 0 fully saturated rings. The number of halogens is 3. The molecular formula is C8H12F3NO2. The molecule has 0 radical (unpaired) electrons. The molecule has 1 N–H and O–H groups in total. The van der Waals surface area contributed by atoms with Crippen LogP contribution < -0.4 is 5.32 Å². The first-order chi connectivity index (χ1) is 6.45. The van der Waals surface area contributed by atoms with Gasteiger partial charge in [-0.3, -0.25) is 4.79 Å². The number of hydrogen-bond acceptors (Lipinski definition) is 2. The Balaban J connectivity index is 3.40. The van der Waals surface area contributed by atoms with Gasteiger partial charge in [0.1, 0.15) is 13.2 Å². The summed E-state index contributed by atoms with van der Waals surface area (Å²) in [6.07, 6.45) is -2.22. The Morgan fingerprint density at radius 3 is 2.64 bits per heavy atom. The summed E-state index contributed by atoms with van der Waals surface area (Å²) in [5.41, 5.74) is 0. The molecule has 14 heavy (non-hydrogen) atoms. The Morgan fingerprint density at radius 2 is 2.14 bits per heavy atom. The van der Waals surface area contributed by atoms with Crippen molar-refractivity contribution in [1.29, 1.82) is 0 Å². The number of amides is 1. The van der Waals surface area contributed by atoms with Crippen LogP contribution in [-0.4, -0.2) is 31.8 Å². The lowest BCUT2D eigenvalue weighted by molar-refractivity contribution is -0.175. The van der Waals surface area contributed by atoms with Gasteiger partial charge in [0.25, 0.3) is 0 Å². The second-order valence-electron chi connectivity index (χ2n) is 2.54. The molecule has 3 nitrogen and oxygen atoms in total. The quantitative estimate of drug-likeness (QED) is 0.530. The normalized spacial score (nSPS) is 11.1. The Bertz CT molecular complexity index is 192. The molecule has 0 aromatic carbocycles. The first kappa shape index (κ1) is 13.0. The summed E-state index contributed by atoms with van der Waals surface area (Å²) in [4.78, 5) is 10.8. The van der Waals surface area contributed by atoms with Crippen LogP contribution in [0.25, 0.3) is 0 Å². The van der Waals surface area contributed by atoms with Gasteiger partial charge in [0.2, 0.25) is 5.91 Å². The Labute approximate surface area is 79.9 Å².